The number of piperazine rings is 1. The van der Waals surface area contributed by atoms with Gasteiger partial charge in [-0.25, -0.2) is 17.6 Å². The molecule has 1 heterocycles. The molecule has 10 heteroatoms. The highest BCUT2D eigenvalue weighted by Gasteiger charge is 2.22. The maximum atomic E-state index is 13.2. The van der Waals surface area contributed by atoms with Crippen LogP contribution in [-0.4, -0.2) is 62.0 Å². The number of methoxy groups -OCH3 is 2. The molecule has 2 aromatic carbocycles. The number of ether oxygens (including phenoxy) is 2. The number of benzene rings is 2. The second-order valence-electron chi connectivity index (χ2n) is 7.92. The van der Waals surface area contributed by atoms with Gasteiger partial charge in [0.1, 0.15) is 11.5 Å². The smallest absolute Gasteiger partial charge is 0.267 e. The van der Waals surface area contributed by atoms with E-state index in [-0.39, 0.29) is 34.4 Å². The molecule has 2 aromatic rings. The Labute approximate surface area is 206 Å². The van der Waals surface area contributed by atoms with E-state index in [9.17, 15) is 27.2 Å². The molecule has 192 valence electrons. The first-order chi connectivity index (χ1) is 17.2. The first-order valence-corrected chi connectivity index (χ1v) is 11.1. The molecule has 0 aliphatic carbocycles. The zero-order chi connectivity index (χ0) is 26.2. The van der Waals surface area contributed by atoms with Crippen molar-refractivity contribution in [3.63, 3.8) is 0 Å². The number of hydrogen-bond donors (Lipinski definition) is 0. The van der Waals surface area contributed by atoms with Gasteiger partial charge in [0.2, 0.25) is 11.8 Å². The lowest BCUT2D eigenvalue weighted by atomic mass is 10.1. The van der Waals surface area contributed by atoms with Crippen molar-refractivity contribution in [3.8, 4) is 11.5 Å². The Morgan fingerprint density at radius 2 is 1.08 bits per heavy atom. The van der Waals surface area contributed by atoms with Crippen LogP contribution in [0, 0.1) is 0 Å². The third-order valence-corrected chi connectivity index (χ3v) is 5.72. The maximum absolute atomic E-state index is 13.2. The first-order valence-electron chi connectivity index (χ1n) is 11.1. The average Bonchev–Trinajstić information content (AvgIpc) is 2.89. The van der Waals surface area contributed by atoms with Gasteiger partial charge in [-0.2, -0.15) is 0 Å². The maximum Gasteiger partial charge on any atom is 0.267 e. The molecule has 1 saturated heterocycles. The van der Waals surface area contributed by atoms with Crippen molar-refractivity contribution in [3.05, 3.63) is 70.8 Å². The number of hydrogen-bond acceptors (Lipinski definition) is 4. The van der Waals surface area contributed by atoms with E-state index < -0.39 is 12.9 Å². The molecule has 1 fully saturated rings. The predicted molar refractivity (Wildman–Crippen MR) is 127 cm³/mol. The van der Waals surface area contributed by atoms with E-state index in [0.717, 1.165) is 0 Å². The molecular weight excluding hydrogens is 480 g/mol. The lowest BCUT2D eigenvalue weighted by molar-refractivity contribution is -0.133. The topological polar surface area (TPSA) is 59.1 Å². The van der Waals surface area contributed by atoms with Crippen LogP contribution in [0.1, 0.15) is 35.1 Å². The lowest BCUT2D eigenvalue weighted by Crippen LogP contribution is -2.49. The summed E-state index contributed by atoms with van der Waals surface area (Å²) in [6.45, 7) is 1.19. The third kappa shape index (κ3) is 6.65. The molecule has 1 aliphatic heterocycles. The summed E-state index contributed by atoms with van der Waals surface area (Å²) in [4.78, 5) is 28.1. The van der Waals surface area contributed by atoms with Crippen LogP contribution >= 0.6 is 0 Å². The third-order valence-electron chi connectivity index (χ3n) is 5.72. The van der Waals surface area contributed by atoms with Crippen LogP contribution in [-0.2, 0) is 9.59 Å². The largest absolute Gasteiger partial charge is 0.496 e. The number of alkyl halides is 4. The standard InChI is InChI=1S/C26H26F4N2O4/c1-35-21-7-3-17(15-19(21)25(27)28)5-9-23(33)31-11-13-32(14-12-31)24(34)10-6-18-4-8-22(36-2)20(16-18)26(29)30/h3-10,15-16,25-26H,11-14H2,1-2H3/b9-5+,10-6+. The molecule has 6 nitrogen and oxygen atoms in total. The minimum atomic E-state index is -2.71. The fourth-order valence-electron chi connectivity index (χ4n) is 3.75. The van der Waals surface area contributed by atoms with Crippen molar-refractivity contribution in [2.45, 2.75) is 12.9 Å². The molecule has 0 aromatic heterocycles. The fraction of sp³-hybridized carbons (Fsp3) is 0.308. The molecule has 0 unspecified atom stereocenters. The Morgan fingerprint density at radius 1 is 0.722 bits per heavy atom. The summed E-state index contributed by atoms with van der Waals surface area (Å²) in [7, 11) is 2.62. The van der Waals surface area contributed by atoms with Crippen molar-refractivity contribution < 1.29 is 36.6 Å². The summed E-state index contributed by atoms with van der Waals surface area (Å²) < 4.78 is 62.5. The summed E-state index contributed by atoms with van der Waals surface area (Å²) >= 11 is 0. The second kappa shape index (κ2) is 12.2. The van der Waals surface area contributed by atoms with Gasteiger partial charge >= 0.3 is 0 Å². The summed E-state index contributed by atoms with van der Waals surface area (Å²) in [5.41, 5.74) is 0.360. The van der Waals surface area contributed by atoms with Gasteiger partial charge in [-0.15, -0.1) is 0 Å². The van der Waals surface area contributed by atoms with E-state index in [0.29, 0.717) is 37.3 Å². The van der Waals surface area contributed by atoms with Gasteiger partial charge in [0.25, 0.3) is 12.9 Å². The Bertz CT molecular complexity index is 1050. The Hall–Kier alpha value is -3.82. The first kappa shape index (κ1) is 26.8. The zero-order valence-electron chi connectivity index (χ0n) is 19.8. The normalized spacial score (nSPS) is 14.3. The van der Waals surface area contributed by atoms with Gasteiger partial charge in [0.15, 0.2) is 0 Å². The molecule has 1 aliphatic rings. The minimum absolute atomic E-state index is 0.0739. The molecule has 0 radical (unpaired) electrons. The summed E-state index contributed by atoms with van der Waals surface area (Å²) in [5.74, 6) is -0.454. The predicted octanol–water partition coefficient (Wildman–Crippen LogP) is 4.98. The van der Waals surface area contributed by atoms with Crippen molar-refractivity contribution in [1.82, 2.24) is 9.80 Å². The highest BCUT2D eigenvalue weighted by Crippen LogP contribution is 2.31. The molecule has 0 spiro atoms. The molecule has 3 rings (SSSR count). The quantitative estimate of drug-likeness (QED) is 0.375. The molecule has 36 heavy (non-hydrogen) atoms. The van der Waals surface area contributed by atoms with Crippen LogP contribution in [0.4, 0.5) is 17.6 Å². The van der Waals surface area contributed by atoms with Crippen LogP contribution in [0.25, 0.3) is 12.2 Å². The van der Waals surface area contributed by atoms with Crippen molar-refractivity contribution in [1.29, 1.82) is 0 Å². The van der Waals surface area contributed by atoms with Gasteiger partial charge in [0.05, 0.1) is 25.3 Å². The van der Waals surface area contributed by atoms with E-state index in [2.05, 4.69) is 0 Å². The molecule has 0 bridgehead atoms. The summed E-state index contributed by atoms with van der Waals surface area (Å²) in [6.07, 6.45) is 0.101. The Kier molecular flexibility index (Phi) is 9.10. The second-order valence-corrected chi connectivity index (χ2v) is 7.92. The SMILES string of the molecule is COc1ccc(/C=C/C(=O)N2CCN(C(=O)/C=C/c3ccc(OC)c(C(F)F)c3)CC2)cc1C(F)F. The number of halogens is 4. The average molecular weight is 506 g/mol. The zero-order valence-corrected chi connectivity index (χ0v) is 19.8. The number of rotatable bonds is 8. The van der Waals surface area contributed by atoms with Gasteiger partial charge in [0, 0.05) is 38.3 Å². The van der Waals surface area contributed by atoms with E-state index in [4.69, 9.17) is 9.47 Å². The highest BCUT2D eigenvalue weighted by atomic mass is 19.3. The number of carbonyl (C=O) groups excluding carboxylic acids is 2. The van der Waals surface area contributed by atoms with Crippen LogP contribution in [0.5, 0.6) is 11.5 Å². The van der Waals surface area contributed by atoms with Crippen LogP contribution in [0.2, 0.25) is 0 Å². The van der Waals surface area contributed by atoms with Crippen LogP contribution in [0.15, 0.2) is 48.6 Å². The van der Waals surface area contributed by atoms with Crippen LogP contribution < -0.4 is 9.47 Å². The number of amides is 2. The Morgan fingerprint density at radius 3 is 1.39 bits per heavy atom. The van der Waals surface area contributed by atoms with E-state index >= 15 is 0 Å². The molecule has 0 saturated carbocycles. The van der Waals surface area contributed by atoms with Crippen molar-refractivity contribution in [2.75, 3.05) is 40.4 Å². The number of nitrogens with zero attached hydrogens (tertiary/aromatic N) is 2. The van der Waals surface area contributed by atoms with Gasteiger partial charge in [-0.3, -0.25) is 9.59 Å². The molecule has 0 N–H and O–H groups in total. The Balaban J connectivity index is 1.56. The van der Waals surface area contributed by atoms with Crippen molar-refractivity contribution >= 4 is 24.0 Å². The minimum Gasteiger partial charge on any atom is -0.496 e. The highest BCUT2D eigenvalue weighted by molar-refractivity contribution is 5.93. The van der Waals surface area contributed by atoms with E-state index in [1.165, 1.54) is 62.8 Å². The summed E-state index contributed by atoms with van der Waals surface area (Å²) in [6, 6.07) is 8.52. The molecular formula is C26H26F4N2O4. The van der Waals surface area contributed by atoms with Crippen molar-refractivity contribution in [2.24, 2.45) is 0 Å². The molecule has 0 atom stereocenters. The van der Waals surface area contributed by atoms with E-state index in [1.807, 2.05) is 0 Å². The van der Waals surface area contributed by atoms with Gasteiger partial charge in [-0.1, -0.05) is 12.1 Å². The molecule has 2 amide bonds. The fourth-order valence-corrected chi connectivity index (χ4v) is 3.75. The van der Waals surface area contributed by atoms with E-state index in [1.54, 1.807) is 21.9 Å². The van der Waals surface area contributed by atoms with Crippen LogP contribution in [0.3, 0.4) is 0 Å². The van der Waals surface area contributed by atoms with Gasteiger partial charge < -0.3 is 19.3 Å². The lowest BCUT2D eigenvalue weighted by Gasteiger charge is -2.33. The monoisotopic (exact) mass is 506 g/mol. The number of carbonyl (C=O) groups is 2. The summed E-state index contributed by atoms with van der Waals surface area (Å²) in [5, 5.41) is 0. The van der Waals surface area contributed by atoms with Gasteiger partial charge in [-0.05, 0) is 47.5 Å².